The zero-order valence-electron chi connectivity index (χ0n) is 7.90. The number of hydrogen-bond acceptors (Lipinski definition) is 2. The Labute approximate surface area is 92.8 Å². The smallest absolute Gasteiger partial charge is 0.173 e. The molecule has 0 fully saturated rings. The molecule has 1 nitrogen and oxygen atoms in total. The fraction of sp³-hybridized carbons (Fsp3) is 0.333. The SMILES string of the molecule is NCCCSc1c(F)c(F)cc(F)c1P. The van der Waals surface area contributed by atoms with Crippen molar-refractivity contribution in [3.63, 3.8) is 0 Å². The van der Waals surface area contributed by atoms with Crippen molar-refractivity contribution in [2.75, 3.05) is 12.3 Å². The highest BCUT2D eigenvalue weighted by Crippen LogP contribution is 2.25. The molecule has 0 aliphatic carbocycles. The van der Waals surface area contributed by atoms with Crippen molar-refractivity contribution >= 4 is 26.3 Å². The summed E-state index contributed by atoms with van der Waals surface area (Å²) in [6.07, 6.45) is 0.673. The Balaban J connectivity index is 2.94. The van der Waals surface area contributed by atoms with Gasteiger partial charge in [-0.1, -0.05) is 0 Å². The van der Waals surface area contributed by atoms with Crippen molar-refractivity contribution in [1.82, 2.24) is 0 Å². The molecule has 2 N–H and O–H groups in total. The molecule has 0 radical (unpaired) electrons. The molecule has 0 amide bonds. The lowest BCUT2D eigenvalue weighted by Crippen LogP contribution is -2.09. The van der Waals surface area contributed by atoms with Gasteiger partial charge in [-0.05, 0) is 18.7 Å². The molecular weight excluding hydrogens is 242 g/mol. The third kappa shape index (κ3) is 3.10. The lowest BCUT2D eigenvalue weighted by molar-refractivity contribution is 0.481. The van der Waals surface area contributed by atoms with E-state index in [9.17, 15) is 13.2 Å². The molecule has 1 aromatic carbocycles. The van der Waals surface area contributed by atoms with E-state index in [0.717, 1.165) is 11.8 Å². The Hall–Kier alpha value is -0.250. The predicted octanol–water partition coefficient (Wildman–Crippen LogP) is 2.05. The van der Waals surface area contributed by atoms with Gasteiger partial charge in [0.15, 0.2) is 11.6 Å². The predicted molar refractivity (Wildman–Crippen MR) is 60.1 cm³/mol. The summed E-state index contributed by atoms with van der Waals surface area (Å²) in [5, 5.41) is 0.0657. The van der Waals surface area contributed by atoms with Crippen molar-refractivity contribution in [3.05, 3.63) is 23.5 Å². The van der Waals surface area contributed by atoms with Gasteiger partial charge < -0.3 is 5.73 Å². The molecule has 0 saturated heterocycles. The maximum absolute atomic E-state index is 13.3. The quantitative estimate of drug-likeness (QED) is 0.384. The normalized spacial score (nSPS) is 10.7. The van der Waals surface area contributed by atoms with Crippen LogP contribution in [-0.2, 0) is 0 Å². The van der Waals surface area contributed by atoms with Crippen LogP contribution in [0.15, 0.2) is 11.0 Å². The van der Waals surface area contributed by atoms with Crippen LogP contribution in [-0.4, -0.2) is 12.3 Å². The molecule has 0 saturated carbocycles. The van der Waals surface area contributed by atoms with Crippen LogP contribution in [0.5, 0.6) is 0 Å². The molecule has 6 heteroatoms. The summed E-state index contributed by atoms with van der Waals surface area (Å²) >= 11 is 1.07. The number of thioether (sulfide) groups is 1. The van der Waals surface area contributed by atoms with Crippen LogP contribution in [0.25, 0.3) is 0 Å². The van der Waals surface area contributed by atoms with Gasteiger partial charge in [0, 0.05) is 11.4 Å². The maximum atomic E-state index is 13.3. The summed E-state index contributed by atoms with van der Waals surface area (Å²) in [6, 6.07) is 0.546. The molecule has 0 aliphatic heterocycles. The maximum Gasteiger partial charge on any atom is 0.173 e. The average molecular weight is 253 g/mol. The standard InChI is InChI=1S/C9H11F3NPS/c10-5-4-6(11)8(14)9(7(5)12)15-3-1-2-13/h4H,1-3,13-14H2. The first-order chi connectivity index (χ1) is 7.07. The fourth-order valence-corrected chi connectivity index (χ4v) is 2.44. The summed E-state index contributed by atoms with van der Waals surface area (Å²) in [4.78, 5) is 0.00551. The fourth-order valence-electron chi connectivity index (χ4n) is 0.986. The van der Waals surface area contributed by atoms with E-state index < -0.39 is 17.5 Å². The minimum atomic E-state index is -1.16. The van der Waals surface area contributed by atoms with Gasteiger partial charge in [-0.15, -0.1) is 21.0 Å². The zero-order valence-corrected chi connectivity index (χ0v) is 9.87. The molecule has 0 aliphatic rings. The van der Waals surface area contributed by atoms with E-state index >= 15 is 0 Å². The Morgan fingerprint density at radius 1 is 1.27 bits per heavy atom. The minimum absolute atomic E-state index is 0.00551. The summed E-state index contributed by atoms with van der Waals surface area (Å²) in [6.45, 7) is 0.471. The number of benzene rings is 1. The number of hydrogen-bond donors (Lipinski definition) is 1. The van der Waals surface area contributed by atoms with E-state index in [1.54, 1.807) is 0 Å². The van der Waals surface area contributed by atoms with Crippen LogP contribution in [0, 0.1) is 17.5 Å². The number of nitrogens with two attached hydrogens (primary N) is 1. The summed E-state index contributed by atoms with van der Waals surface area (Å²) in [5.41, 5.74) is 5.27. The van der Waals surface area contributed by atoms with Crippen LogP contribution in [0.1, 0.15) is 6.42 Å². The first kappa shape index (κ1) is 12.8. The average Bonchev–Trinajstić information content (AvgIpc) is 2.20. The van der Waals surface area contributed by atoms with E-state index in [-0.39, 0.29) is 10.2 Å². The van der Waals surface area contributed by atoms with E-state index in [0.29, 0.717) is 24.8 Å². The second-order valence-electron chi connectivity index (χ2n) is 2.89. The molecule has 1 aromatic rings. The molecule has 0 bridgehead atoms. The monoisotopic (exact) mass is 253 g/mol. The summed E-state index contributed by atoms with van der Waals surface area (Å²) < 4.78 is 39.2. The van der Waals surface area contributed by atoms with Crippen LogP contribution in [0.4, 0.5) is 13.2 Å². The zero-order chi connectivity index (χ0) is 11.4. The van der Waals surface area contributed by atoms with Gasteiger partial charge in [0.25, 0.3) is 0 Å². The van der Waals surface area contributed by atoms with E-state index in [1.165, 1.54) is 0 Å². The second-order valence-corrected chi connectivity index (χ2v) is 4.57. The first-order valence-electron chi connectivity index (χ1n) is 4.33. The van der Waals surface area contributed by atoms with Crippen molar-refractivity contribution in [1.29, 1.82) is 0 Å². The summed E-state index contributed by atoms with van der Waals surface area (Å²) in [5.74, 6) is -2.37. The van der Waals surface area contributed by atoms with Gasteiger partial charge in [0.05, 0.1) is 4.90 Å². The van der Waals surface area contributed by atoms with E-state index in [4.69, 9.17) is 5.73 Å². The summed E-state index contributed by atoms with van der Waals surface area (Å²) in [7, 11) is 2.08. The second kappa shape index (κ2) is 5.73. The number of rotatable bonds is 4. The molecule has 84 valence electrons. The van der Waals surface area contributed by atoms with Gasteiger partial charge in [-0.25, -0.2) is 13.2 Å². The highest BCUT2D eigenvalue weighted by Gasteiger charge is 2.16. The van der Waals surface area contributed by atoms with Crippen molar-refractivity contribution in [2.24, 2.45) is 5.73 Å². The van der Waals surface area contributed by atoms with Gasteiger partial charge in [0.1, 0.15) is 5.82 Å². The van der Waals surface area contributed by atoms with Crippen LogP contribution >= 0.6 is 21.0 Å². The highest BCUT2D eigenvalue weighted by molar-refractivity contribution is 7.99. The van der Waals surface area contributed by atoms with Crippen molar-refractivity contribution < 1.29 is 13.2 Å². The van der Waals surface area contributed by atoms with Crippen LogP contribution in [0.3, 0.4) is 0 Å². The van der Waals surface area contributed by atoms with Crippen LogP contribution < -0.4 is 11.0 Å². The van der Waals surface area contributed by atoms with Gasteiger partial charge in [-0.3, -0.25) is 0 Å². The lowest BCUT2D eigenvalue weighted by Gasteiger charge is -2.08. The lowest BCUT2D eigenvalue weighted by atomic mass is 10.3. The highest BCUT2D eigenvalue weighted by atomic mass is 32.2. The van der Waals surface area contributed by atoms with Crippen molar-refractivity contribution in [3.8, 4) is 0 Å². The Morgan fingerprint density at radius 2 is 1.93 bits per heavy atom. The van der Waals surface area contributed by atoms with Crippen LogP contribution in [0.2, 0.25) is 0 Å². The third-order valence-electron chi connectivity index (χ3n) is 1.76. The molecule has 1 atom stereocenters. The molecule has 0 heterocycles. The largest absolute Gasteiger partial charge is 0.330 e. The molecule has 15 heavy (non-hydrogen) atoms. The molecule has 1 rings (SSSR count). The molecule has 0 aromatic heterocycles. The Bertz CT molecular complexity index is 333. The third-order valence-corrected chi connectivity index (χ3v) is 3.71. The Kier molecular flexibility index (Phi) is 4.90. The van der Waals surface area contributed by atoms with Crippen molar-refractivity contribution in [2.45, 2.75) is 11.3 Å². The van der Waals surface area contributed by atoms with Gasteiger partial charge in [-0.2, -0.15) is 0 Å². The van der Waals surface area contributed by atoms with Gasteiger partial charge in [0.2, 0.25) is 0 Å². The molecular formula is C9H11F3NPS. The topological polar surface area (TPSA) is 26.0 Å². The molecule has 0 spiro atoms. The van der Waals surface area contributed by atoms with E-state index in [2.05, 4.69) is 9.24 Å². The minimum Gasteiger partial charge on any atom is -0.330 e. The van der Waals surface area contributed by atoms with Gasteiger partial charge >= 0.3 is 0 Å². The molecule has 1 unspecified atom stereocenters. The van der Waals surface area contributed by atoms with E-state index in [1.807, 2.05) is 0 Å². The Morgan fingerprint density at radius 3 is 2.53 bits per heavy atom. The first-order valence-corrected chi connectivity index (χ1v) is 5.90. The number of halogens is 3.